The Morgan fingerprint density at radius 2 is 1.56 bits per heavy atom. The number of ether oxygens (including phenoxy) is 1. The molecular weight excluding hydrogens is 314 g/mol. The Morgan fingerprint density at radius 3 is 2.20 bits per heavy atom. The minimum absolute atomic E-state index is 0.294. The number of benzene rings is 2. The summed E-state index contributed by atoms with van der Waals surface area (Å²) in [6.07, 6.45) is 4.14. The van der Waals surface area contributed by atoms with E-state index in [0.717, 1.165) is 25.7 Å². The molecule has 2 rings (SSSR count). The van der Waals surface area contributed by atoms with Gasteiger partial charge >= 0.3 is 5.97 Å². The first-order valence-corrected chi connectivity index (χ1v) is 8.80. The van der Waals surface area contributed by atoms with Crippen LogP contribution in [0.3, 0.4) is 0 Å². The Morgan fingerprint density at radius 1 is 0.920 bits per heavy atom. The lowest BCUT2D eigenvalue weighted by Crippen LogP contribution is -2.35. The van der Waals surface area contributed by atoms with E-state index >= 15 is 0 Å². The lowest BCUT2D eigenvalue weighted by molar-refractivity contribution is -0.146. The average Bonchev–Trinajstić information content (AvgIpc) is 2.67. The second-order valence-electron chi connectivity index (χ2n) is 5.91. The van der Waals surface area contributed by atoms with Gasteiger partial charge in [0.1, 0.15) is 0 Å². The fourth-order valence-corrected chi connectivity index (χ4v) is 2.51. The molecule has 0 fully saturated rings. The van der Waals surface area contributed by atoms with Crippen molar-refractivity contribution in [3.05, 3.63) is 71.8 Å². The predicted octanol–water partition coefficient (Wildman–Crippen LogP) is 4.28. The molecule has 1 atom stereocenters. The van der Waals surface area contributed by atoms with E-state index < -0.39 is 12.0 Å². The van der Waals surface area contributed by atoms with Crippen LogP contribution in [0, 0.1) is 0 Å². The van der Waals surface area contributed by atoms with E-state index in [1.165, 1.54) is 0 Å². The van der Waals surface area contributed by atoms with Crippen molar-refractivity contribution < 1.29 is 14.3 Å². The molecule has 2 aromatic rings. The summed E-state index contributed by atoms with van der Waals surface area (Å²) in [5.41, 5.74) is 1.23. The molecule has 0 heterocycles. The SMILES string of the molecule is CCCCCCOC(=O)[C@@H](NC(=O)c1ccccc1)c1ccccc1. The third-order valence-electron chi connectivity index (χ3n) is 3.92. The Kier molecular flexibility index (Phi) is 7.70. The van der Waals surface area contributed by atoms with Crippen LogP contribution in [0.1, 0.15) is 54.6 Å². The molecule has 0 radical (unpaired) electrons. The van der Waals surface area contributed by atoms with Crippen LogP contribution < -0.4 is 5.32 Å². The summed E-state index contributed by atoms with van der Waals surface area (Å²) in [5.74, 6) is -0.718. The largest absolute Gasteiger partial charge is 0.464 e. The van der Waals surface area contributed by atoms with Gasteiger partial charge in [-0.05, 0) is 24.1 Å². The molecule has 4 nitrogen and oxygen atoms in total. The van der Waals surface area contributed by atoms with E-state index in [1.54, 1.807) is 24.3 Å². The number of hydrogen-bond donors (Lipinski definition) is 1. The number of nitrogens with one attached hydrogen (secondary N) is 1. The highest BCUT2D eigenvalue weighted by atomic mass is 16.5. The van der Waals surface area contributed by atoms with Crippen molar-refractivity contribution in [2.75, 3.05) is 6.61 Å². The van der Waals surface area contributed by atoms with Crippen LogP contribution in [0.25, 0.3) is 0 Å². The number of unbranched alkanes of at least 4 members (excludes halogenated alkanes) is 3. The van der Waals surface area contributed by atoms with Gasteiger partial charge in [-0.3, -0.25) is 4.79 Å². The van der Waals surface area contributed by atoms with E-state index in [-0.39, 0.29) is 5.91 Å². The molecule has 25 heavy (non-hydrogen) atoms. The molecule has 0 unspecified atom stereocenters. The van der Waals surface area contributed by atoms with E-state index in [4.69, 9.17) is 4.74 Å². The topological polar surface area (TPSA) is 55.4 Å². The van der Waals surface area contributed by atoms with Crippen LogP contribution >= 0.6 is 0 Å². The van der Waals surface area contributed by atoms with Crippen molar-refractivity contribution in [3.63, 3.8) is 0 Å². The number of rotatable bonds is 9. The van der Waals surface area contributed by atoms with Gasteiger partial charge in [-0.1, -0.05) is 74.7 Å². The van der Waals surface area contributed by atoms with Gasteiger partial charge in [0, 0.05) is 5.56 Å². The zero-order valence-electron chi connectivity index (χ0n) is 14.6. The minimum Gasteiger partial charge on any atom is -0.464 e. The quantitative estimate of drug-likeness (QED) is 0.548. The molecule has 132 valence electrons. The Bertz CT molecular complexity index is 655. The molecule has 0 spiro atoms. The van der Waals surface area contributed by atoms with Gasteiger partial charge in [0.05, 0.1) is 6.61 Å². The highest BCUT2D eigenvalue weighted by Crippen LogP contribution is 2.16. The molecule has 0 bridgehead atoms. The first-order chi connectivity index (χ1) is 12.2. The summed E-state index contributed by atoms with van der Waals surface area (Å²) < 4.78 is 5.39. The minimum atomic E-state index is -0.805. The van der Waals surface area contributed by atoms with Crippen molar-refractivity contribution in [2.24, 2.45) is 0 Å². The van der Waals surface area contributed by atoms with Crippen molar-refractivity contribution in [2.45, 2.75) is 38.6 Å². The second kappa shape index (κ2) is 10.3. The van der Waals surface area contributed by atoms with Crippen molar-refractivity contribution in [1.82, 2.24) is 5.32 Å². The van der Waals surface area contributed by atoms with Crippen molar-refractivity contribution in [1.29, 1.82) is 0 Å². The van der Waals surface area contributed by atoms with Crippen LogP contribution in [0.5, 0.6) is 0 Å². The van der Waals surface area contributed by atoms with Crippen LogP contribution in [0.15, 0.2) is 60.7 Å². The van der Waals surface area contributed by atoms with Crippen molar-refractivity contribution in [3.8, 4) is 0 Å². The summed E-state index contributed by atoms with van der Waals surface area (Å²) in [4.78, 5) is 24.9. The number of amides is 1. The van der Waals surface area contributed by atoms with Gasteiger partial charge in [-0.15, -0.1) is 0 Å². The van der Waals surface area contributed by atoms with E-state index in [0.29, 0.717) is 17.7 Å². The number of carbonyl (C=O) groups excluding carboxylic acids is 2. The van der Waals surface area contributed by atoms with Gasteiger partial charge in [0.2, 0.25) is 0 Å². The summed E-state index contributed by atoms with van der Waals surface area (Å²) in [7, 11) is 0. The molecule has 0 aromatic heterocycles. The lowest BCUT2D eigenvalue weighted by Gasteiger charge is -2.18. The number of esters is 1. The standard InChI is InChI=1S/C21H25NO3/c1-2-3-4-11-16-25-21(24)19(17-12-7-5-8-13-17)22-20(23)18-14-9-6-10-15-18/h5-10,12-15,19H,2-4,11,16H2,1H3,(H,22,23)/t19-/m0/s1. The molecular formula is C21H25NO3. The Labute approximate surface area is 149 Å². The molecule has 4 heteroatoms. The predicted molar refractivity (Wildman–Crippen MR) is 98.2 cm³/mol. The summed E-state index contributed by atoms with van der Waals surface area (Å²) in [5, 5.41) is 2.79. The average molecular weight is 339 g/mol. The number of carbonyl (C=O) groups is 2. The smallest absolute Gasteiger partial charge is 0.333 e. The van der Waals surface area contributed by atoms with E-state index in [2.05, 4.69) is 12.2 Å². The Hall–Kier alpha value is -2.62. The van der Waals surface area contributed by atoms with Gasteiger partial charge in [0.15, 0.2) is 6.04 Å². The maximum atomic E-state index is 12.5. The maximum Gasteiger partial charge on any atom is 0.333 e. The fourth-order valence-electron chi connectivity index (χ4n) is 2.51. The molecule has 0 aliphatic heterocycles. The Balaban J connectivity index is 2.03. The monoisotopic (exact) mass is 339 g/mol. The van der Waals surface area contributed by atoms with Crippen LogP contribution in [-0.4, -0.2) is 18.5 Å². The molecule has 2 aromatic carbocycles. The molecule has 0 saturated carbocycles. The number of hydrogen-bond acceptors (Lipinski definition) is 3. The van der Waals surface area contributed by atoms with Gasteiger partial charge in [-0.25, -0.2) is 4.79 Å². The zero-order valence-corrected chi connectivity index (χ0v) is 14.6. The summed E-state index contributed by atoms with van der Waals surface area (Å²) >= 11 is 0. The van der Waals surface area contributed by atoms with Crippen LogP contribution in [0.2, 0.25) is 0 Å². The molecule has 0 aliphatic carbocycles. The van der Waals surface area contributed by atoms with Crippen molar-refractivity contribution >= 4 is 11.9 Å². The normalized spacial score (nSPS) is 11.6. The summed E-state index contributed by atoms with van der Waals surface area (Å²) in [6, 6.07) is 17.2. The second-order valence-corrected chi connectivity index (χ2v) is 5.91. The zero-order chi connectivity index (χ0) is 17.9. The summed E-state index contributed by atoms with van der Waals surface area (Å²) in [6.45, 7) is 2.51. The molecule has 0 aliphatic rings. The van der Waals surface area contributed by atoms with Crippen LogP contribution in [-0.2, 0) is 9.53 Å². The lowest BCUT2D eigenvalue weighted by atomic mass is 10.1. The molecule has 1 amide bonds. The first-order valence-electron chi connectivity index (χ1n) is 8.80. The van der Waals surface area contributed by atoms with Gasteiger partial charge in [0.25, 0.3) is 5.91 Å². The molecule has 0 saturated heterocycles. The van der Waals surface area contributed by atoms with Crippen LogP contribution in [0.4, 0.5) is 0 Å². The van der Waals surface area contributed by atoms with Gasteiger partial charge < -0.3 is 10.1 Å². The fraction of sp³-hybridized carbons (Fsp3) is 0.333. The first kappa shape index (κ1) is 18.7. The third kappa shape index (κ3) is 6.07. The molecule has 1 N–H and O–H groups in total. The van der Waals surface area contributed by atoms with E-state index in [9.17, 15) is 9.59 Å². The highest BCUT2D eigenvalue weighted by molar-refractivity contribution is 5.97. The highest BCUT2D eigenvalue weighted by Gasteiger charge is 2.24. The third-order valence-corrected chi connectivity index (χ3v) is 3.92. The van der Waals surface area contributed by atoms with Gasteiger partial charge in [-0.2, -0.15) is 0 Å². The van der Waals surface area contributed by atoms with E-state index in [1.807, 2.05) is 36.4 Å². The maximum absolute atomic E-state index is 12.5.